The number of hydrogen-bond donors (Lipinski definition) is 0. The monoisotopic (exact) mass is 356 g/mol. The fraction of sp³-hybridized carbons (Fsp3) is 0.333. The van der Waals surface area contributed by atoms with Crippen LogP contribution in [0.2, 0.25) is 0 Å². The molecule has 0 bridgehead atoms. The lowest BCUT2D eigenvalue weighted by Gasteiger charge is -2.16. The number of hydrogen-bond acceptors (Lipinski definition) is 6. The summed E-state index contributed by atoms with van der Waals surface area (Å²) in [4.78, 5) is 24.2. The Morgan fingerprint density at radius 3 is 2.96 bits per heavy atom. The highest BCUT2D eigenvalue weighted by Gasteiger charge is 2.38. The number of nitrogens with zero attached hydrogens (tertiary/aromatic N) is 4. The van der Waals surface area contributed by atoms with Crippen LogP contribution in [-0.4, -0.2) is 44.4 Å². The Bertz CT molecular complexity index is 928. The number of fused-ring (bicyclic) bond motifs is 1. The number of carbonyl (C=O) groups excluding carboxylic acids is 1. The van der Waals surface area contributed by atoms with Crippen LogP contribution in [-0.2, 0) is 9.47 Å². The molecule has 8 heteroatoms. The second-order valence-corrected chi connectivity index (χ2v) is 6.25. The van der Waals surface area contributed by atoms with Gasteiger partial charge in [-0.25, -0.2) is 24.1 Å². The summed E-state index contributed by atoms with van der Waals surface area (Å²) in [5.41, 5.74) is 2.59. The van der Waals surface area contributed by atoms with Crippen molar-refractivity contribution < 1.29 is 18.7 Å². The summed E-state index contributed by atoms with van der Waals surface area (Å²) in [5.74, 6) is -0.451. The van der Waals surface area contributed by atoms with Gasteiger partial charge in [0.15, 0.2) is 11.9 Å². The molecule has 3 heterocycles. The van der Waals surface area contributed by atoms with E-state index in [0.29, 0.717) is 16.7 Å². The Balaban J connectivity index is 1.41. The van der Waals surface area contributed by atoms with Crippen molar-refractivity contribution in [2.24, 2.45) is 0 Å². The van der Waals surface area contributed by atoms with Gasteiger partial charge in [-0.05, 0) is 19.1 Å². The highest BCUT2D eigenvalue weighted by Crippen LogP contribution is 2.33. The number of alkyl halides is 1. The lowest BCUT2D eigenvalue weighted by molar-refractivity contribution is -0.0420. The van der Waals surface area contributed by atoms with E-state index in [9.17, 15) is 9.18 Å². The third-order valence-electron chi connectivity index (χ3n) is 4.33. The van der Waals surface area contributed by atoms with Crippen molar-refractivity contribution >= 4 is 17.1 Å². The van der Waals surface area contributed by atoms with Crippen molar-refractivity contribution in [1.82, 2.24) is 19.5 Å². The SMILES string of the molecule is Cc1ccc(C(=O)OC[C@@H]2C[C@H](F)[C@H](n3cnc4cncnc43)O2)cc1. The van der Waals surface area contributed by atoms with Gasteiger partial charge < -0.3 is 9.47 Å². The van der Waals surface area contributed by atoms with E-state index >= 15 is 0 Å². The van der Waals surface area contributed by atoms with Gasteiger partial charge in [-0.2, -0.15) is 0 Å². The van der Waals surface area contributed by atoms with Crippen molar-refractivity contribution in [2.75, 3.05) is 6.61 Å². The van der Waals surface area contributed by atoms with Gasteiger partial charge in [-0.15, -0.1) is 0 Å². The summed E-state index contributed by atoms with van der Waals surface area (Å²) >= 11 is 0. The van der Waals surface area contributed by atoms with E-state index < -0.39 is 24.5 Å². The molecule has 134 valence electrons. The molecule has 3 atom stereocenters. The van der Waals surface area contributed by atoms with Crippen molar-refractivity contribution in [2.45, 2.75) is 31.8 Å². The fourth-order valence-corrected chi connectivity index (χ4v) is 2.97. The van der Waals surface area contributed by atoms with Crippen LogP contribution in [0.4, 0.5) is 4.39 Å². The molecule has 0 unspecified atom stereocenters. The number of aromatic nitrogens is 4. The predicted octanol–water partition coefficient (Wildman–Crippen LogP) is 2.62. The van der Waals surface area contributed by atoms with E-state index in [1.807, 2.05) is 19.1 Å². The highest BCUT2D eigenvalue weighted by atomic mass is 19.1. The molecule has 1 aliphatic heterocycles. The van der Waals surface area contributed by atoms with Crippen molar-refractivity contribution in [3.8, 4) is 0 Å². The van der Waals surface area contributed by atoms with Crippen LogP contribution in [0, 0.1) is 6.92 Å². The molecule has 4 rings (SSSR count). The second-order valence-electron chi connectivity index (χ2n) is 6.25. The van der Waals surface area contributed by atoms with Gasteiger partial charge in [0, 0.05) is 6.42 Å². The Hall–Kier alpha value is -2.87. The van der Waals surface area contributed by atoms with Gasteiger partial charge in [0.2, 0.25) is 0 Å². The lowest BCUT2D eigenvalue weighted by atomic mass is 10.1. The first kappa shape index (κ1) is 16.6. The molecule has 26 heavy (non-hydrogen) atoms. The summed E-state index contributed by atoms with van der Waals surface area (Å²) in [6.07, 6.45) is 1.94. The van der Waals surface area contributed by atoms with Crippen LogP contribution < -0.4 is 0 Å². The van der Waals surface area contributed by atoms with Crippen molar-refractivity contribution in [3.05, 3.63) is 54.2 Å². The lowest BCUT2D eigenvalue weighted by Crippen LogP contribution is -2.19. The van der Waals surface area contributed by atoms with Gasteiger partial charge in [-0.3, -0.25) is 4.57 Å². The minimum atomic E-state index is -1.24. The molecule has 0 aliphatic carbocycles. The molecule has 0 N–H and O–H groups in total. The van der Waals surface area contributed by atoms with E-state index in [4.69, 9.17) is 9.47 Å². The molecule has 1 saturated heterocycles. The summed E-state index contributed by atoms with van der Waals surface area (Å²) in [7, 11) is 0. The van der Waals surface area contributed by atoms with Crippen LogP contribution in [0.5, 0.6) is 0 Å². The normalized spacial score (nSPS) is 22.6. The topological polar surface area (TPSA) is 79.1 Å². The van der Waals surface area contributed by atoms with Gasteiger partial charge in [0.1, 0.15) is 24.6 Å². The van der Waals surface area contributed by atoms with Crippen LogP contribution >= 0.6 is 0 Å². The zero-order chi connectivity index (χ0) is 18.1. The molecular weight excluding hydrogens is 339 g/mol. The molecule has 0 amide bonds. The molecule has 2 aromatic heterocycles. The van der Waals surface area contributed by atoms with Crippen LogP contribution in [0.3, 0.4) is 0 Å². The van der Waals surface area contributed by atoms with Gasteiger partial charge in [0.05, 0.1) is 24.2 Å². The number of rotatable bonds is 4. The Labute approximate surface area is 148 Å². The molecule has 1 aliphatic rings. The minimum Gasteiger partial charge on any atom is -0.459 e. The summed E-state index contributed by atoms with van der Waals surface area (Å²) in [6, 6.07) is 7.07. The maximum absolute atomic E-state index is 14.5. The zero-order valence-corrected chi connectivity index (χ0v) is 14.1. The van der Waals surface area contributed by atoms with Gasteiger partial charge in [-0.1, -0.05) is 17.7 Å². The number of ether oxygens (including phenoxy) is 2. The molecule has 0 radical (unpaired) electrons. The Morgan fingerprint density at radius 1 is 1.35 bits per heavy atom. The van der Waals surface area contributed by atoms with E-state index in [2.05, 4.69) is 15.0 Å². The molecule has 1 aromatic carbocycles. The average Bonchev–Trinajstić information content (AvgIpc) is 3.23. The second kappa shape index (κ2) is 6.80. The minimum absolute atomic E-state index is 0.00869. The van der Waals surface area contributed by atoms with E-state index in [0.717, 1.165) is 5.56 Å². The first-order valence-corrected chi connectivity index (χ1v) is 8.27. The van der Waals surface area contributed by atoms with Crippen molar-refractivity contribution in [1.29, 1.82) is 0 Å². The fourth-order valence-electron chi connectivity index (χ4n) is 2.97. The zero-order valence-electron chi connectivity index (χ0n) is 14.1. The number of benzene rings is 1. The summed E-state index contributed by atoms with van der Waals surface area (Å²) in [6.45, 7) is 1.93. The van der Waals surface area contributed by atoms with E-state index in [-0.39, 0.29) is 13.0 Å². The number of imidazole rings is 1. The first-order chi connectivity index (χ1) is 12.6. The third kappa shape index (κ3) is 3.15. The largest absolute Gasteiger partial charge is 0.459 e. The first-order valence-electron chi connectivity index (χ1n) is 8.27. The van der Waals surface area contributed by atoms with Crippen LogP contribution in [0.25, 0.3) is 11.2 Å². The predicted molar refractivity (Wildman–Crippen MR) is 90.2 cm³/mol. The number of halogens is 1. The van der Waals surface area contributed by atoms with E-state index in [1.165, 1.54) is 12.7 Å². The quantitative estimate of drug-likeness (QED) is 0.669. The van der Waals surface area contributed by atoms with Crippen LogP contribution in [0.1, 0.15) is 28.6 Å². The third-order valence-corrected chi connectivity index (χ3v) is 4.33. The Morgan fingerprint density at radius 2 is 2.15 bits per heavy atom. The average molecular weight is 356 g/mol. The maximum atomic E-state index is 14.5. The van der Waals surface area contributed by atoms with Gasteiger partial charge >= 0.3 is 5.97 Å². The maximum Gasteiger partial charge on any atom is 0.338 e. The number of carbonyl (C=O) groups is 1. The molecule has 0 saturated carbocycles. The number of aryl methyl sites for hydroxylation is 1. The Kier molecular flexibility index (Phi) is 4.34. The molecule has 0 spiro atoms. The summed E-state index contributed by atoms with van der Waals surface area (Å²) < 4.78 is 27.0. The molecular formula is C18H17FN4O3. The van der Waals surface area contributed by atoms with Crippen molar-refractivity contribution in [3.63, 3.8) is 0 Å². The van der Waals surface area contributed by atoms with Gasteiger partial charge in [0.25, 0.3) is 0 Å². The number of esters is 1. The standard InChI is InChI=1S/C18H17FN4O3/c1-11-2-4-12(5-3-11)18(24)25-8-13-6-14(19)17(26-13)23-10-22-15-7-20-9-21-16(15)23/h2-5,7,9-10,13-14,17H,6,8H2,1H3/t13-,14-,17+/m0/s1. The van der Waals surface area contributed by atoms with Crippen LogP contribution in [0.15, 0.2) is 43.1 Å². The highest BCUT2D eigenvalue weighted by molar-refractivity contribution is 5.89. The molecule has 1 fully saturated rings. The molecule has 7 nitrogen and oxygen atoms in total. The summed E-state index contributed by atoms with van der Waals surface area (Å²) in [5, 5.41) is 0. The molecule has 3 aromatic rings. The van der Waals surface area contributed by atoms with E-state index in [1.54, 1.807) is 22.9 Å². The smallest absolute Gasteiger partial charge is 0.338 e.